The number of rotatable bonds is 2. The van der Waals surface area contributed by atoms with Crippen molar-refractivity contribution in [2.45, 2.75) is 64.0 Å². The maximum atomic E-state index is 11.9. The minimum absolute atomic E-state index is 0.00835. The largest absolute Gasteiger partial charge is 0.506 e. The van der Waals surface area contributed by atoms with Crippen LogP contribution in [0, 0.1) is 0 Å². The number of carbonyl (C=O) groups excluding carboxylic acids is 1. The van der Waals surface area contributed by atoms with Crippen molar-refractivity contribution in [2.24, 2.45) is 5.73 Å². The first-order valence-electron chi connectivity index (χ1n) is 7.82. The average Bonchev–Trinajstić information content (AvgIpc) is 2.40. The van der Waals surface area contributed by atoms with Crippen molar-refractivity contribution in [1.82, 2.24) is 0 Å². The summed E-state index contributed by atoms with van der Waals surface area (Å²) in [5.41, 5.74) is 6.82. The van der Waals surface area contributed by atoms with Crippen molar-refractivity contribution in [3.63, 3.8) is 0 Å². The number of nitrogens with one attached hydrogen (secondary N) is 1. The Balaban J connectivity index is 2.18. The van der Waals surface area contributed by atoms with Crippen molar-refractivity contribution < 1.29 is 14.6 Å². The molecule has 0 unspecified atom stereocenters. The van der Waals surface area contributed by atoms with E-state index in [0.717, 1.165) is 31.2 Å². The van der Waals surface area contributed by atoms with Crippen molar-refractivity contribution >= 4 is 11.8 Å². The highest BCUT2D eigenvalue weighted by atomic mass is 16.6. The molecule has 0 aliphatic heterocycles. The van der Waals surface area contributed by atoms with Crippen LogP contribution in [0.5, 0.6) is 5.75 Å². The fourth-order valence-corrected chi connectivity index (χ4v) is 2.83. The maximum absolute atomic E-state index is 11.9. The summed E-state index contributed by atoms with van der Waals surface area (Å²) >= 11 is 0. The number of benzene rings is 1. The number of anilines is 1. The molecule has 0 radical (unpaired) electrons. The first kappa shape index (κ1) is 16.6. The molecule has 0 spiro atoms. The van der Waals surface area contributed by atoms with Gasteiger partial charge in [0, 0.05) is 5.54 Å². The van der Waals surface area contributed by atoms with E-state index in [-0.39, 0.29) is 11.3 Å². The van der Waals surface area contributed by atoms with E-state index < -0.39 is 11.7 Å². The van der Waals surface area contributed by atoms with Crippen molar-refractivity contribution in [1.29, 1.82) is 0 Å². The minimum Gasteiger partial charge on any atom is -0.506 e. The third kappa shape index (κ3) is 4.13. The Morgan fingerprint density at radius 1 is 1.27 bits per heavy atom. The molecule has 1 aliphatic carbocycles. The van der Waals surface area contributed by atoms with Gasteiger partial charge in [0.15, 0.2) is 0 Å². The highest BCUT2D eigenvalue weighted by Gasteiger charge is 2.30. The highest BCUT2D eigenvalue weighted by molar-refractivity contribution is 5.87. The number of hydrogen-bond acceptors (Lipinski definition) is 4. The molecule has 1 aliphatic rings. The topological polar surface area (TPSA) is 84.6 Å². The van der Waals surface area contributed by atoms with E-state index in [9.17, 15) is 9.90 Å². The van der Waals surface area contributed by atoms with Crippen LogP contribution in [0.2, 0.25) is 0 Å². The summed E-state index contributed by atoms with van der Waals surface area (Å²) in [4.78, 5) is 11.9. The number of phenols is 1. The molecule has 0 aromatic heterocycles. The first-order chi connectivity index (χ1) is 10.2. The van der Waals surface area contributed by atoms with Gasteiger partial charge in [-0.3, -0.25) is 5.32 Å². The van der Waals surface area contributed by atoms with Crippen molar-refractivity contribution in [3.05, 3.63) is 23.8 Å². The average molecular weight is 306 g/mol. The Kier molecular flexibility index (Phi) is 4.66. The van der Waals surface area contributed by atoms with Crippen molar-refractivity contribution in [3.8, 4) is 5.75 Å². The lowest BCUT2D eigenvalue weighted by atomic mass is 9.77. The normalized spacial score (nSPS) is 17.8. The zero-order valence-electron chi connectivity index (χ0n) is 13.6. The SMILES string of the molecule is CC(C)(C)OC(=O)Nc1cc(C2(N)CCCCC2)ccc1O. The fraction of sp³-hybridized carbons (Fsp3) is 0.588. The second-order valence-corrected chi connectivity index (χ2v) is 7.08. The van der Waals surface area contributed by atoms with Crippen LogP contribution in [-0.2, 0) is 10.3 Å². The van der Waals surface area contributed by atoms with Crippen LogP contribution in [0.1, 0.15) is 58.4 Å². The maximum Gasteiger partial charge on any atom is 0.412 e. The molecule has 0 saturated heterocycles. The quantitative estimate of drug-likeness (QED) is 0.724. The molecule has 0 bridgehead atoms. The summed E-state index contributed by atoms with van der Waals surface area (Å²) in [5.74, 6) is 0.00835. The summed E-state index contributed by atoms with van der Waals surface area (Å²) in [6.45, 7) is 5.37. The molecule has 0 atom stereocenters. The highest BCUT2D eigenvalue weighted by Crippen LogP contribution is 2.37. The van der Waals surface area contributed by atoms with Crippen LogP contribution in [-0.4, -0.2) is 16.8 Å². The van der Waals surface area contributed by atoms with Gasteiger partial charge in [-0.15, -0.1) is 0 Å². The van der Waals surface area contributed by atoms with Gasteiger partial charge in [0.25, 0.3) is 0 Å². The standard InChI is InChI=1S/C17H26N2O3/c1-16(2,3)22-15(21)19-13-11-12(7-8-14(13)20)17(18)9-5-4-6-10-17/h7-8,11,20H,4-6,9-10,18H2,1-3H3,(H,19,21). The molecule has 1 aromatic rings. The monoisotopic (exact) mass is 306 g/mol. The molecular formula is C17H26N2O3. The number of aromatic hydroxyl groups is 1. The second-order valence-electron chi connectivity index (χ2n) is 7.08. The van der Waals surface area contributed by atoms with Crippen LogP contribution < -0.4 is 11.1 Å². The zero-order valence-corrected chi connectivity index (χ0v) is 13.6. The lowest BCUT2D eigenvalue weighted by molar-refractivity contribution is 0.0635. The summed E-state index contributed by atoms with van der Waals surface area (Å²) in [5, 5.41) is 12.6. The van der Waals surface area contributed by atoms with Crippen LogP contribution in [0.15, 0.2) is 18.2 Å². The van der Waals surface area contributed by atoms with Gasteiger partial charge in [-0.05, 0) is 51.3 Å². The fourth-order valence-electron chi connectivity index (χ4n) is 2.83. The Morgan fingerprint density at radius 3 is 2.50 bits per heavy atom. The van der Waals surface area contributed by atoms with Gasteiger partial charge in [0.05, 0.1) is 5.69 Å². The van der Waals surface area contributed by atoms with Crippen LogP contribution >= 0.6 is 0 Å². The Morgan fingerprint density at radius 2 is 1.91 bits per heavy atom. The molecule has 5 nitrogen and oxygen atoms in total. The number of phenolic OH excluding ortho intramolecular Hbond substituents is 1. The molecular weight excluding hydrogens is 280 g/mol. The van der Waals surface area contributed by atoms with E-state index >= 15 is 0 Å². The molecule has 5 heteroatoms. The predicted molar refractivity (Wildman–Crippen MR) is 86.9 cm³/mol. The molecule has 122 valence electrons. The molecule has 2 rings (SSSR count). The third-order valence-electron chi connectivity index (χ3n) is 3.95. The number of hydrogen-bond donors (Lipinski definition) is 3. The van der Waals surface area contributed by atoms with Crippen LogP contribution in [0.3, 0.4) is 0 Å². The van der Waals surface area contributed by atoms with E-state index in [1.807, 2.05) is 6.07 Å². The van der Waals surface area contributed by atoms with Gasteiger partial charge in [0.1, 0.15) is 11.4 Å². The number of carbonyl (C=O) groups is 1. The van der Waals surface area contributed by atoms with E-state index in [1.54, 1.807) is 32.9 Å². The van der Waals surface area contributed by atoms with Gasteiger partial charge in [0.2, 0.25) is 0 Å². The molecule has 1 amide bonds. The van der Waals surface area contributed by atoms with E-state index in [1.165, 1.54) is 6.42 Å². The smallest absolute Gasteiger partial charge is 0.412 e. The van der Waals surface area contributed by atoms with E-state index in [2.05, 4.69) is 5.32 Å². The van der Waals surface area contributed by atoms with Gasteiger partial charge >= 0.3 is 6.09 Å². The summed E-state index contributed by atoms with van der Waals surface area (Å²) in [6, 6.07) is 5.16. The second kappa shape index (κ2) is 6.16. The molecule has 0 heterocycles. The van der Waals surface area contributed by atoms with Gasteiger partial charge < -0.3 is 15.6 Å². The summed E-state index contributed by atoms with van der Waals surface area (Å²) in [6.07, 6.45) is 4.67. The lowest BCUT2D eigenvalue weighted by Gasteiger charge is -2.34. The van der Waals surface area contributed by atoms with Gasteiger partial charge in [-0.2, -0.15) is 0 Å². The molecule has 1 saturated carbocycles. The first-order valence-corrected chi connectivity index (χ1v) is 7.82. The number of nitrogens with two attached hydrogens (primary N) is 1. The Hall–Kier alpha value is -1.75. The van der Waals surface area contributed by atoms with Gasteiger partial charge in [-0.1, -0.05) is 25.3 Å². The molecule has 4 N–H and O–H groups in total. The van der Waals surface area contributed by atoms with Crippen LogP contribution in [0.25, 0.3) is 0 Å². The summed E-state index contributed by atoms with van der Waals surface area (Å²) < 4.78 is 5.21. The Labute approximate surface area is 131 Å². The molecule has 22 heavy (non-hydrogen) atoms. The lowest BCUT2D eigenvalue weighted by Crippen LogP contribution is -2.38. The van der Waals surface area contributed by atoms with E-state index in [0.29, 0.717) is 5.69 Å². The molecule has 1 fully saturated rings. The van der Waals surface area contributed by atoms with Crippen LogP contribution in [0.4, 0.5) is 10.5 Å². The van der Waals surface area contributed by atoms with E-state index in [4.69, 9.17) is 10.5 Å². The van der Waals surface area contributed by atoms with Crippen molar-refractivity contribution in [2.75, 3.05) is 5.32 Å². The predicted octanol–water partition coefficient (Wildman–Crippen LogP) is 3.86. The number of amides is 1. The van der Waals surface area contributed by atoms with Gasteiger partial charge in [-0.25, -0.2) is 4.79 Å². The zero-order chi connectivity index (χ0) is 16.4. The minimum atomic E-state index is -0.588. The summed E-state index contributed by atoms with van der Waals surface area (Å²) in [7, 11) is 0. The Bertz CT molecular complexity index is 543. The third-order valence-corrected chi connectivity index (χ3v) is 3.95. The molecule has 1 aromatic carbocycles. The number of ether oxygens (including phenoxy) is 1.